The summed E-state index contributed by atoms with van der Waals surface area (Å²) in [6, 6.07) is 7.53. The molecule has 1 aromatic rings. The van der Waals surface area contributed by atoms with E-state index >= 15 is 0 Å². The minimum Gasteiger partial charge on any atom is -0.462 e. The zero-order chi connectivity index (χ0) is 11.7. The quantitative estimate of drug-likeness (QED) is 0.711. The topological polar surface area (TPSA) is 26.3 Å². The van der Waals surface area contributed by atoms with Gasteiger partial charge in [0.15, 0.2) is 0 Å². The Bertz CT molecular complexity index is 292. The van der Waals surface area contributed by atoms with Gasteiger partial charge in [-0.1, -0.05) is 32.9 Å². The molecule has 15 heavy (non-hydrogen) atoms. The van der Waals surface area contributed by atoms with Crippen molar-refractivity contribution in [2.75, 3.05) is 6.61 Å². The molecule has 0 aliphatic carbocycles. The van der Waals surface area contributed by atoms with E-state index in [0.717, 1.165) is 12.0 Å². The van der Waals surface area contributed by atoms with Gasteiger partial charge in [0, 0.05) is 0 Å². The molecule has 0 unspecified atom stereocenters. The number of hydrogen-bond acceptors (Lipinski definition) is 2. The van der Waals surface area contributed by atoms with E-state index in [2.05, 4.69) is 6.92 Å². The molecule has 1 aromatic carbocycles. The van der Waals surface area contributed by atoms with Crippen LogP contribution in [0.1, 0.15) is 43.6 Å². The molecule has 0 saturated carbocycles. The molecule has 0 aromatic heterocycles. The van der Waals surface area contributed by atoms with E-state index < -0.39 is 0 Å². The van der Waals surface area contributed by atoms with Crippen molar-refractivity contribution < 1.29 is 9.53 Å². The molecule has 2 nitrogen and oxygen atoms in total. The van der Waals surface area contributed by atoms with Crippen LogP contribution in [0, 0.1) is 0 Å². The summed E-state index contributed by atoms with van der Waals surface area (Å²) >= 11 is 0. The maximum absolute atomic E-state index is 11.3. The summed E-state index contributed by atoms with van der Waals surface area (Å²) in [6.07, 6.45) is 0.938. The molecule has 0 aliphatic rings. The molecule has 0 aliphatic heterocycles. The number of esters is 1. The Labute approximate surface area is 92.3 Å². The standard InChI is InChI=1S/C11H14O2.C2H6/c1-3-9-6-5-7-10(8-9)11(12)13-4-2;1-2/h5-8H,3-4H2,1-2H3;1-2H3. The molecule has 0 spiro atoms. The average molecular weight is 208 g/mol. The van der Waals surface area contributed by atoms with Crippen LogP contribution in [0.2, 0.25) is 0 Å². The molecule has 0 saturated heterocycles. The van der Waals surface area contributed by atoms with Crippen molar-refractivity contribution in [3.8, 4) is 0 Å². The number of carbonyl (C=O) groups is 1. The zero-order valence-corrected chi connectivity index (χ0v) is 10.0. The summed E-state index contributed by atoms with van der Waals surface area (Å²) < 4.78 is 4.89. The summed E-state index contributed by atoms with van der Waals surface area (Å²) in [5.41, 5.74) is 1.80. The second-order valence-corrected chi connectivity index (χ2v) is 2.77. The van der Waals surface area contributed by atoms with Crippen molar-refractivity contribution in [2.24, 2.45) is 0 Å². The molecule has 0 amide bonds. The molecule has 84 valence electrons. The van der Waals surface area contributed by atoms with E-state index in [4.69, 9.17) is 4.74 Å². The van der Waals surface area contributed by atoms with Crippen LogP contribution in [0.15, 0.2) is 24.3 Å². The van der Waals surface area contributed by atoms with Gasteiger partial charge in [0.1, 0.15) is 0 Å². The summed E-state index contributed by atoms with van der Waals surface area (Å²) in [4.78, 5) is 11.3. The van der Waals surface area contributed by atoms with Gasteiger partial charge >= 0.3 is 5.97 Å². The van der Waals surface area contributed by atoms with Crippen molar-refractivity contribution in [2.45, 2.75) is 34.1 Å². The van der Waals surface area contributed by atoms with Gasteiger partial charge in [-0.15, -0.1) is 0 Å². The minimum absolute atomic E-state index is 0.238. The largest absolute Gasteiger partial charge is 0.462 e. The Morgan fingerprint density at radius 2 is 1.93 bits per heavy atom. The number of benzene rings is 1. The fraction of sp³-hybridized carbons (Fsp3) is 0.462. The first-order valence-electron chi connectivity index (χ1n) is 5.54. The van der Waals surface area contributed by atoms with Crippen molar-refractivity contribution in [3.05, 3.63) is 35.4 Å². The summed E-state index contributed by atoms with van der Waals surface area (Å²) in [6.45, 7) is 8.29. The predicted molar refractivity (Wildman–Crippen MR) is 63.1 cm³/mol. The van der Waals surface area contributed by atoms with Crippen LogP contribution in [-0.4, -0.2) is 12.6 Å². The lowest BCUT2D eigenvalue weighted by Gasteiger charge is -2.02. The van der Waals surface area contributed by atoms with Gasteiger partial charge in [-0.2, -0.15) is 0 Å². The molecule has 1 rings (SSSR count). The third-order valence-corrected chi connectivity index (χ3v) is 1.85. The lowest BCUT2D eigenvalue weighted by molar-refractivity contribution is 0.0526. The minimum atomic E-state index is -0.238. The van der Waals surface area contributed by atoms with Crippen LogP contribution in [0.5, 0.6) is 0 Å². The third-order valence-electron chi connectivity index (χ3n) is 1.85. The van der Waals surface area contributed by atoms with Gasteiger partial charge in [0.2, 0.25) is 0 Å². The number of carbonyl (C=O) groups excluding carboxylic acids is 1. The van der Waals surface area contributed by atoms with Crippen LogP contribution < -0.4 is 0 Å². The molecule has 0 radical (unpaired) electrons. The first-order chi connectivity index (χ1) is 7.27. The predicted octanol–water partition coefficient (Wildman–Crippen LogP) is 3.45. The van der Waals surface area contributed by atoms with Crippen LogP contribution in [-0.2, 0) is 11.2 Å². The van der Waals surface area contributed by atoms with Crippen LogP contribution in [0.4, 0.5) is 0 Å². The highest BCUT2D eigenvalue weighted by Crippen LogP contribution is 2.07. The van der Waals surface area contributed by atoms with Crippen molar-refractivity contribution in [1.82, 2.24) is 0 Å². The van der Waals surface area contributed by atoms with E-state index in [1.165, 1.54) is 0 Å². The average Bonchev–Trinajstić information content (AvgIpc) is 2.32. The smallest absolute Gasteiger partial charge is 0.338 e. The zero-order valence-electron chi connectivity index (χ0n) is 10.0. The maximum Gasteiger partial charge on any atom is 0.338 e. The SMILES string of the molecule is CC.CCOC(=O)c1cccc(CC)c1. The Hall–Kier alpha value is -1.31. The number of hydrogen-bond donors (Lipinski definition) is 0. The van der Waals surface area contributed by atoms with E-state index in [-0.39, 0.29) is 5.97 Å². The lowest BCUT2D eigenvalue weighted by Crippen LogP contribution is -2.04. The third kappa shape index (κ3) is 4.63. The highest BCUT2D eigenvalue weighted by molar-refractivity contribution is 5.89. The first-order valence-corrected chi connectivity index (χ1v) is 5.54. The summed E-state index contributed by atoms with van der Waals surface area (Å²) in [7, 11) is 0. The van der Waals surface area contributed by atoms with Gasteiger partial charge in [0.05, 0.1) is 12.2 Å². The molecule has 0 atom stereocenters. The van der Waals surface area contributed by atoms with Gasteiger partial charge in [0.25, 0.3) is 0 Å². The highest BCUT2D eigenvalue weighted by Gasteiger charge is 2.05. The van der Waals surface area contributed by atoms with E-state index in [1.54, 1.807) is 6.07 Å². The monoisotopic (exact) mass is 208 g/mol. The Morgan fingerprint density at radius 3 is 2.47 bits per heavy atom. The molecule has 0 fully saturated rings. The molecular formula is C13H20O2. The lowest BCUT2D eigenvalue weighted by atomic mass is 10.1. The summed E-state index contributed by atoms with van der Waals surface area (Å²) in [5.74, 6) is -0.238. The normalized spacial score (nSPS) is 8.80. The maximum atomic E-state index is 11.3. The Morgan fingerprint density at radius 1 is 1.27 bits per heavy atom. The molecule has 0 heterocycles. The number of ether oxygens (including phenoxy) is 1. The van der Waals surface area contributed by atoms with E-state index in [9.17, 15) is 4.79 Å². The van der Waals surface area contributed by atoms with Gasteiger partial charge in [-0.3, -0.25) is 0 Å². The molecule has 0 bridgehead atoms. The van der Waals surface area contributed by atoms with Gasteiger partial charge in [-0.25, -0.2) is 4.79 Å². The van der Waals surface area contributed by atoms with Gasteiger partial charge < -0.3 is 4.74 Å². The molecule has 2 heteroatoms. The fourth-order valence-electron chi connectivity index (χ4n) is 1.13. The molecular weight excluding hydrogens is 188 g/mol. The second-order valence-electron chi connectivity index (χ2n) is 2.77. The number of rotatable bonds is 3. The van der Waals surface area contributed by atoms with Crippen LogP contribution in [0.3, 0.4) is 0 Å². The van der Waals surface area contributed by atoms with Crippen molar-refractivity contribution >= 4 is 5.97 Å². The second kappa shape index (κ2) is 8.04. The van der Waals surface area contributed by atoms with Gasteiger partial charge in [-0.05, 0) is 31.0 Å². The fourth-order valence-corrected chi connectivity index (χ4v) is 1.13. The van der Waals surface area contributed by atoms with Crippen molar-refractivity contribution in [3.63, 3.8) is 0 Å². The first kappa shape index (κ1) is 13.7. The number of aryl methyl sites for hydroxylation is 1. The Balaban J connectivity index is 0.000000921. The molecule has 0 N–H and O–H groups in total. The van der Waals surface area contributed by atoms with E-state index in [1.807, 2.05) is 39.0 Å². The van der Waals surface area contributed by atoms with Crippen LogP contribution >= 0.6 is 0 Å². The Kier molecular flexibility index (Phi) is 7.33. The highest BCUT2D eigenvalue weighted by atomic mass is 16.5. The van der Waals surface area contributed by atoms with E-state index in [0.29, 0.717) is 12.2 Å². The summed E-state index contributed by atoms with van der Waals surface area (Å²) in [5, 5.41) is 0. The van der Waals surface area contributed by atoms with Crippen molar-refractivity contribution in [1.29, 1.82) is 0 Å². The van der Waals surface area contributed by atoms with Crippen LogP contribution in [0.25, 0.3) is 0 Å².